The van der Waals surface area contributed by atoms with Crippen molar-refractivity contribution in [3.63, 3.8) is 0 Å². The summed E-state index contributed by atoms with van der Waals surface area (Å²) in [6, 6.07) is 14.1. The minimum Gasteiger partial charge on any atom is -0.416 e. The number of anilines is 1. The molecular weight excluding hydrogens is 401 g/mol. The highest BCUT2D eigenvalue weighted by atomic mass is 35.5. The van der Waals surface area contributed by atoms with Crippen molar-refractivity contribution in [3.05, 3.63) is 70.8 Å². The molecule has 1 aliphatic rings. The molecule has 1 aromatic heterocycles. The van der Waals surface area contributed by atoms with E-state index in [1.807, 2.05) is 30.3 Å². The number of hydrogen-bond donors (Lipinski definition) is 0. The maximum absolute atomic E-state index is 13.9. The highest BCUT2D eigenvalue weighted by Crippen LogP contribution is 2.32. The number of nitrogens with zero attached hydrogens (tertiary/aromatic N) is 3. The molecule has 8 heteroatoms. The molecule has 144 valence electrons. The Morgan fingerprint density at radius 1 is 1.18 bits per heavy atom. The summed E-state index contributed by atoms with van der Waals surface area (Å²) in [5.41, 5.74) is 1.20. The second kappa shape index (κ2) is 8.32. The zero-order chi connectivity index (χ0) is 19.5. The van der Waals surface area contributed by atoms with Crippen molar-refractivity contribution in [3.8, 4) is 0 Å². The zero-order valence-corrected chi connectivity index (χ0v) is 16.4. The van der Waals surface area contributed by atoms with Crippen LogP contribution in [0.25, 0.3) is 0 Å². The maximum Gasteiger partial charge on any atom is 0.277 e. The van der Waals surface area contributed by atoms with E-state index in [2.05, 4.69) is 10.2 Å². The van der Waals surface area contributed by atoms with Gasteiger partial charge in [0.25, 0.3) is 5.22 Å². The summed E-state index contributed by atoms with van der Waals surface area (Å²) in [6.07, 6.45) is 1.74. The summed E-state index contributed by atoms with van der Waals surface area (Å²) in [5.74, 6) is -0.127. The third-order valence-electron chi connectivity index (χ3n) is 4.54. The van der Waals surface area contributed by atoms with Crippen LogP contribution in [0.4, 0.5) is 10.1 Å². The van der Waals surface area contributed by atoms with Crippen LogP contribution in [-0.2, 0) is 11.2 Å². The average molecular weight is 418 g/mol. The van der Waals surface area contributed by atoms with Crippen LogP contribution in [-0.4, -0.2) is 27.9 Å². The van der Waals surface area contributed by atoms with Gasteiger partial charge in [0.15, 0.2) is 0 Å². The molecule has 1 amide bonds. The molecule has 0 spiro atoms. The van der Waals surface area contributed by atoms with Gasteiger partial charge in [0.2, 0.25) is 11.8 Å². The molecule has 0 radical (unpaired) electrons. The van der Waals surface area contributed by atoms with Crippen LogP contribution in [0.15, 0.2) is 58.2 Å². The third-order valence-corrected chi connectivity index (χ3v) is 5.98. The molecule has 1 saturated heterocycles. The molecule has 0 bridgehead atoms. The molecule has 2 heterocycles. The number of amides is 1. The fourth-order valence-electron chi connectivity index (χ4n) is 3.15. The Hall–Kier alpha value is -2.38. The van der Waals surface area contributed by atoms with Crippen LogP contribution in [0.3, 0.4) is 0 Å². The van der Waals surface area contributed by atoms with E-state index in [-0.39, 0.29) is 23.5 Å². The Bertz CT molecular complexity index is 962. The summed E-state index contributed by atoms with van der Waals surface area (Å²) < 4.78 is 19.6. The number of carbonyl (C=O) groups excluding carboxylic acids is 1. The third kappa shape index (κ3) is 4.05. The number of rotatable bonds is 5. The van der Waals surface area contributed by atoms with Crippen molar-refractivity contribution >= 4 is 35.0 Å². The molecular formula is C20H17ClFN3O2S. The van der Waals surface area contributed by atoms with E-state index in [1.165, 1.54) is 17.8 Å². The van der Waals surface area contributed by atoms with Crippen molar-refractivity contribution in [2.75, 3.05) is 11.4 Å². The van der Waals surface area contributed by atoms with Crippen molar-refractivity contribution in [2.45, 2.75) is 29.7 Å². The summed E-state index contributed by atoms with van der Waals surface area (Å²) in [5, 5.41) is 8.30. The van der Waals surface area contributed by atoms with Crippen molar-refractivity contribution in [1.29, 1.82) is 0 Å². The first kappa shape index (κ1) is 19.0. The minimum atomic E-state index is -0.416. The summed E-state index contributed by atoms with van der Waals surface area (Å²) in [6.45, 7) is 0.695. The van der Waals surface area contributed by atoms with E-state index in [9.17, 15) is 9.18 Å². The predicted octanol–water partition coefficient (Wildman–Crippen LogP) is 4.74. The Kier molecular flexibility index (Phi) is 5.64. The lowest BCUT2D eigenvalue weighted by atomic mass is 10.1. The number of carbonyl (C=O) groups is 1. The highest BCUT2D eigenvalue weighted by molar-refractivity contribution is 8.00. The number of benzene rings is 2. The molecule has 5 nitrogen and oxygen atoms in total. The van der Waals surface area contributed by atoms with Gasteiger partial charge < -0.3 is 9.32 Å². The van der Waals surface area contributed by atoms with Gasteiger partial charge in [0.05, 0.1) is 11.7 Å². The number of thioether (sulfide) groups is 1. The van der Waals surface area contributed by atoms with Crippen LogP contribution in [0.2, 0.25) is 5.02 Å². The summed E-state index contributed by atoms with van der Waals surface area (Å²) in [4.78, 5) is 14.7. The first-order chi connectivity index (χ1) is 13.6. The molecule has 4 rings (SSSR count). The summed E-state index contributed by atoms with van der Waals surface area (Å²) >= 11 is 7.30. The summed E-state index contributed by atoms with van der Waals surface area (Å²) in [7, 11) is 0. The van der Waals surface area contributed by atoms with Gasteiger partial charge in [-0.05, 0) is 37.1 Å². The van der Waals surface area contributed by atoms with Gasteiger partial charge >= 0.3 is 0 Å². The minimum absolute atomic E-state index is 0.0272. The van der Waals surface area contributed by atoms with Crippen LogP contribution < -0.4 is 4.90 Å². The maximum atomic E-state index is 13.9. The van der Waals surface area contributed by atoms with E-state index >= 15 is 0 Å². The van der Waals surface area contributed by atoms with Crippen LogP contribution >= 0.6 is 23.4 Å². The quantitative estimate of drug-likeness (QED) is 0.600. The SMILES string of the molecule is O=C1C(Sc2nnc(Cc3c(F)cccc3Cl)o2)CCCN1c1ccccc1. The van der Waals surface area contributed by atoms with Crippen LogP contribution in [0.1, 0.15) is 24.3 Å². The molecule has 1 fully saturated rings. The van der Waals surface area contributed by atoms with E-state index < -0.39 is 5.82 Å². The Morgan fingerprint density at radius 2 is 2.00 bits per heavy atom. The van der Waals surface area contributed by atoms with E-state index in [0.717, 1.165) is 18.5 Å². The second-order valence-electron chi connectivity index (χ2n) is 6.41. The standard InChI is InChI=1S/C20H17ClFN3O2S/c21-15-8-4-9-16(22)14(15)12-18-23-24-20(27-18)28-17-10-5-11-25(19(17)26)13-6-2-1-3-7-13/h1-4,6-9,17H,5,10-12H2. The van der Waals surface area contributed by atoms with Gasteiger partial charge in [-0.25, -0.2) is 4.39 Å². The van der Waals surface area contributed by atoms with Gasteiger partial charge in [-0.3, -0.25) is 4.79 Å². The van der Waals surface area contributed by atoms with Crippen molar-refractivity contribution < 1.29 is 13.6 Å². The topological polar surface area (TPSA) is 59.2 Å². The lowest BCUT2D eigenvalue weighted by molar-refractivity contribution is -0.119. The molecule has 28 heavy (non-hydrogen) atoms. The van der Waals surface area contributed by atoms with Crippen molar-refractivity contribution in [2.24, 2.45) is 0 Å². The molecule has 2 aromatic carbocycles. The number of aromatic nitrogens is 2. The Labute approximate surface area is 170 Å². The zero-order valence-electron chi connectivity index (χ0n) is 14.8. The predicted molar refractivity (Wildman–Crippen MR) is 106 cm³/mol. The van der Waals surface area contributed by atoms with Crippen LogP contribution in [0.5, 0.6) is 0 Å². The average Bonchev–Trinajstić information content (AvgIpc) is 3.14. The fourth-order valence-corrected chi connectivity index (χ4v) is 4.37. The van der Waals surface area contributed by atoms with Gasteiger partial charge in [0.1, 0.15) is 5.82 Å². The second-order valence-corrected chi connectivity index (χ2v) is 7.97. The fraction of sp³-hybridized carbons (Fsp3) is 0.250. The lowest BCUT2D eigenvalue weighted by Gasteiger charge is -2.31. The normalized spacial score (nSPS) is 17.1. The van der Waals surface area contributed by atoms with Gasteiger partial charge in [-0.1, -0.05) is 47.6 Å². The highest BCUT2D eigenvalue weighted by Gasteiger charge is 2.32. The monoisotopic (exact) mass is 417 g/mol. The number of para-hydroxylation sites is 1. The van der Waals surface area contributed by atoms with E-state index in [4.69, 9.17) is 16.0 Å². The van der Waals surface area contributed by atoms with Gasteiger partial charge in [0, 0.05) is 22.8 Å². The molecule has 3 aromatic rings. The molecule has 0 saturated carbocycles. The van der Waals surface area contributed by atoms with E-state index in [1.54, 1.807) is 17.0 Å². The smallest absolute Gasteiger partial charge is 0.277 e. The molecule has 0 aliphatic carbocycles. The first-order valence-corrected chi connectivity index (χ1v) is 10.2. The largest absolute Gasteiger partial charge is 0.416 e. The first-order valence-electron chi connectivity index (χ1n) is 8.90. The number of halogens is 2. The Balaban J connectivity index is 1.45. The van der Waals surface area contributed by atoms with Gasteiger partial charge in [-0.15, -0.1) is 10.2 Å². The number of hydrogen-bond acceptors (Lipinski definition) is 5. The number of piperidine rings is 1. The van der Waals surface area contributed by atoms with Crippen molar-refractivity contribution in [1.82, 2.24) is 10.2 Å². The lowest BCUT2D eigenvalue weighted by Crippen LogP contribution is -2.42. The van der Waals surface area contributed by atoms with E-state index in [0.29, 0.717) is 22.4 Å². The molecule has 0 N–H and O–H groups in total. The molecule has 1 unspecified atom stereocenters. The van der Waals surface area contributed by atoms with Gasteiger partial charge in [-0.2, -0.15) is 0 Å². The Morgan fingerprint density at radius 3 is 2.79 bits per heavy atom. The van der Waals surface area contributed by atoms with Crippen LogP contribution in [0, 0.1) is 5.82 Å². The molecule has 1 aliphatic heterocycles. The molecule has 1 atom stereocenters.